The predicted octanol–water partition coefficient (Wildman–Crippen LogP) is 4.65. The minimum atomic E-state index is 0.446. The van der Waals surface area contributed by atoms with E-state index in [4.69, 9.17) is 4.74 Å². The number of ether oxygens (including phenoxy) is 1. The normalized spacial score (nSPS) is 28.1. The topological polar surface area (TPSA) is 9.23 Å². The second-order valence-electron chi connectivity index (χ2n) is 7.44. The van der Waals surface area contributed by atoms with Crippen molar-refractivity contribution in [2.45, 2.75) is 72.8 Å². The summed E-state index contributed by atoms with van der Waals surface area (Å²) in [6, 6.07) is 0. The van der Waals surface area contributed by atoms with Gasteiger partial charge in [0.1, 0.15) is 0 Å². The van der Waals surface area contributed by atoms with Gasteiger partial charge in [-0.15, -0.1) is 0 Å². The molecular formula is C15H30O. The van der Waals surface area contributed by atoms with Crippen LogP contribution in [-0.4, -0.2) is 13.2 Å². The highest BCUT2D eigenvalue weighted by atomic mass is 16.5. The quantitative estimate of drug-likeness (QED) is 0.680. The van der Waals surface area contributed by atoms with Crippen molar-refractivity contribution >= 4 is 0 Å². The van der Waals surface area contributed by atoms with Gasteiger partial charge in [0, 0.05) is 7.11 Å². The molecule has 0 saturated heterocycles. The van der Waals surface area contributed by atoms with Gasteiger partial charge in [0.2, 0.25) is 0 Å². The molecule has 0 aromatic carbocycles. The van der Waals surface area contributed by atoms with Crippen LogP contribution in [0.2, 0.25) is 0 Å². The summed E-state index contributed by atoms with van der Waals surface area (Å²) in [5.74, 6) is 0.887. The van der Waals surface area contributed by atoms with Gasteiger partial charge in [0.15, 0.2) is 0 Å². The molecule has 1 rings (SSSR count). The Bertz CT molecular complexity index is 204. The number of hydrogen-bond acceptors (Lipinski definition) is 1. The van der Waals surface area contributed by atoms with Crippen LogP contribution in [0.4, 0.5) is 0 Å². The molecule has 1 aliphatic rings. The van der Waals surface area contributed by atoms with Gasteiger partial charge in [0.25, 0.3) is 0 Å². The monoisotopic (exact) mass is 226 g/mol. The van der Waals surface area contributed by atoms with E-state index in [-0.39, 0.29) is 0 Å². The second kappa shape index (κ2) is 5.08. The Morgan fingerprint density at radius 2 is 1.44 bits per heavy atom. The minimum Gasteiger partial charge on any atom is -0.381 e. The molecule has 0 radical (unpaired) electrons. The molecule has 1 nitrogen and oxygen atoms in total. The summed E-state index contributed by atoms with van der Waals surface area (Å²) in [6.07, 6.45) is 7.07. The number of methoxy groups -OCH3 is 1. The Morgan fingerprint density at radius 1 is 0.938 bits per heavy atom. The third-order valence-corrected chi connectivity index (χ3v) is 4.10. The molecule has 1 heteroatoms. The lowest BCUT2D eigenvalue weighted by molar-refractivity contribution is 0.0198. The third-order valence-electron chi connectivity index (χ3n) is 4.10. The third kappa shape index (κ3) is 4.08. The molecule has 0 unspecified atom stereocenters. The summed E-state index contributed by atoms with van der Waals surface area (Å²) < 4.78 is 5.45. The average molecular weight is 226 g/mol. The molecule has 0 N–H and O–H groups in total. The molecule has 0 spiro atoms. The summed E-state index contributed by atoms with van der Waals surface area (Å²) in [7, 11) is 1.85. The van der Waals surface area contributed by atoms with Gasteiger partial charge in [-0.05, 0) is 48.9 Å². The van der Waals surface area contributed by atoms with Crippen molar-refractivity contribution in [1.29, 1.82) is 0 Å². The Morgan fingerprint density at radius 3 is 1.81 bits per heavy atom. The fourth-order valence-electron chi connectivity index (χ4n) is 3.59. The highest BCUT2D eigenvalue weighted by molar-refractivity contribution is 4.86. The van der Waals surface area contributed by atoms with E-state index >= 15 is 0 Å². The lowest BCUT2D eigenvalue weighted by Crippen LogP contribution is -2.33. The van der Waals surface area contributed by atoms with E-state index in [1.807, 2.05) is 7.11 Å². The van der Waals surface area contributed by atoms with Crippen LogP contribution in [0.15, 0.2) is 0 Å². The Balaban J connectivity index is 2.51. The van der Waals surface area contributed by atoms with Crippen molar-refractivity contribution < 1.29 is 4.74 Å². The fraction of sp³-hybridized carbons (Fsp3) is 1.00. The maximum absolute atomic E-state index is 5.45. The summed E-state index contributed by atoms with van der Waals surface area (Å²) in [5.41, 5.74) is 0.929. The van der Waals surface area contributed by atoms with Crippen molar-refractivity contribution in [1.82, 2.24) is 0 Å². The van der Waals surface area contributed by atoms with E-state index in [1.54, 1.807) is 0 Å². The van der Waals surface area contributed by atoms with Crippen molar-refractivity contribution in [2.24, 2.45) is 16.7 Å². The molecule has 0 amide bonds. The maximum atomic E-state index is 5.45. The Kier molecular flexibility index (Phi) is 4.45. The van der Waals surface area contributed by atoms with Gasteiger partial charge >= 0.3 is 0 Å². The molecule has 1 aliphatic carbocycles. The first-order chi connectivity index (χ1) is 7.24. The van der Waals surface area contributed by atoms with E-state index in [1.165, 1.54) is 32.1 Å². The van der Waals surface area contributed by atoms with Gasteiger partial charge in [-0.2, -0.15) is 0 Å². The summed E-state index contributed by atoms with van der Waals surface area (Å²) >= 11 is 0. The second-order valence-corrected chi connectivity index (χ2v) is 7.44. The lowest BCUT2D eigenvalue weighted by Gasteiger charge is -2.42. The van der Waals surface area contributed by atoms with Crippen LogP contribution in [0.5, 0.6) is 0 Å². The highest BCUT2D eigenvalue weighted by Gasteiger charge is 2.35. The molecule has 1 saturated carbocycles. The van der Waals surface area contributed by atoms with Crippen LogP contribution >= 0.6 is 0 Å². The molecule has 0 atom stereocenters. The molecule has 0 aromatic rings. The first-order valence-electron chi connectivity index (χ1n) is 6.77. The molecule has 16 heavy (non-hydrogen) atoms. The minimum absolute atomic E-state index is 0.446. The Hall–Kier alpha value is -0.0400. The van der Waals surface area contributed by atoms with Crippen LogP contribution in [0.1, 0.15) is 66.7 Å². The molecule has 0 bridgehead atoms. The maximum Gasteiger partial charge on any atom is 0.0571 e. The standard InChI is InChI=1S/C15H30O/c1-14(2,3)11-15(4,5)12-7-9-13(16-6)10-8-12/h12-13H,7-11H2,1-6H3. The first-order valence-corrected chi connectivity index (χ1v) is 6.77. The van der Waals surface area contributed by atoms with Crippen molar-refractivity contribution in [3.05, 3.63) is 0 Å². The molecule has 1 fully saturated rings. The van der Waals surface area contributed by atoms with Gasteiger partial charge in [0.05, 0.1) is 6.10 Å². The largest absolute Gasteiger partial charge is 0.381 e. The molecule has 0 aromatic heterocycles. The predicted molar refractivity (Wildman–Crippen MR) is 70.6 cm³/mol. The van der Waals surface area contributed by atoms with Gasteiger partial charge in [-0.1, -0.05) is 34.6 Å². The van der Waals surface area contributed by atoms with Crippen LogP contribution in [0, 0.1) is 16.7 Å². The van der Waals surface area contributed by atoms with E-state index < -0.39 is 0 Å². The van der Waals surface area contributed by atoms with E-state index in [0.29, 0.717) is 16.9 Å². The van der Waals surface area contributed by atoms with Crippen molar-refractivity contribution in [3.8, 4) is 0 Å². The van der Waals surface area contributed by atoms with Crippen LogP contribution in [0.3, 0.4) is 0 Å². The highest BCUT2D eigenvalue weighted by Crippen LogP contribution is 2.45. The van der Waals surface area contributed by atoms with Gasteiger partial charge in [-0.3, -0.25) is 0 Å². The summed E-state index contributed by atoms with van der Waals surface area (Å²) in [4.78, 5) is 0. The number of rotatable bonds is 3. The van der Waals surface area contributed by atoms with E-state index in [2.05, 4.69) is 34.6 Å². The zero-order valence-corrected chi connectivity index (χ0v) is 12.1. The van der Waals surface area contributed by atoms with Gasteiger partial charge < -0.3 is 4.74 Å². The Labute approximate surface area is 102 Å². The van der Waals surface area contributed by atoms with Crippen LogP contribution in [0.25, 0.3) is 0 Å². The smallest absolute Gasteiger partial charge is 0.0571 e. The summed E-state index contributed by atoms with van der Waals surface area (Å²) in [6.45, 7) is 12.0. The first kappa shape index (κ1) is 14.0. The molecule has 96 valence electrons. The zero-order chi connectivity index (χ0) is 12.4. The van der Waals surface area contributed by atoms with E-state index in [0.717, 1.165) is 5.92 Å². The molecule has 0 heterocycles. The van der Waals surface area contributed by atoms with Crippen molar-refractivity contribution in [2.75, 3.05) is 7.11 Å². The van der Waals surface area contributed by atoms with Gasteiger partial charge in [-0.25, -0.2) is 0 Å². The number of hydrogen-bond donors (Lipinski definition) is 0. The zero-order valence-electron chi connectivity index (χ0n) is 12.1. The van der Waals surface area contributed by atoms with Crippen LogP contribution in [-0.2, 0) is 4.74 Å². The average Bonchev–Trinajstić information content (AvgIpc) is 2.14. The molecular weight excluding hydrogens is 196 g/mol. The fourth-order valence-corrected chi connectivity index (χ4v) is 3.59. The SMILES string of the molecule is COC1CCC(C(C)(C)CC(C)(C)C)CC1. The van der Waals surface area contributed by atoms with E-state index in [9.17, 15) is 0 Å². The van der Waals surface area contributed by atoms with Crippen LogP contribution < -0.4 is 0 Å². The molecule has 0 aliphatic heterocycles. The summed E-state index contributed by atoms with van der Waals surface area (Å²) in [5, 5.41) is 0. The lowest BCUT2D eigenvalue weighted by atomic mass is 9.64. The van der Waals surface area contributed by atoms with Crippen molar-refractivity contribution in [3.63, 3.8) is 0 Å².